The Kier molecular flexibility index (Phi) is 4.92. The van der Waals surface area contributed by atoms with Gasteiger partial charge in [0.1, 0.15) is 0 Å². The molecule has 1 fully saturated rings. The molecule has 0 bridgehead atoms. The van der Waals surface area contributed by atoms with Crippen molar-refractivity contribution < 1.29 is 4.79 Å². The van der Waals surface area contributed by atoms with E-state index in [1.54, 1.807) is 4.90 Å². The molecule has 0 atom stereocenters. The van der Waals surface area contributed by atoms with Gasteiger partial charge < -0.3 is 10.2 Å². The smallest absolute Gasteiger partial charge is 0.317 e. The third-order valence-corrected chi connectivity index (χ3v) is 4.33. The third-order valence-electron chi connectivity index (χ3n) is 4.08. The molecule has 1 aliphatic rings. The number of amides is 2. The van der Waals surface area contributed by atoms with Crippen molar-refractivity contribution in [3.8, 4) is 0 Å². The molecule has 4 heteroatoms. The zero-order chi connectivity index (χ0) is 14.6. The van der Waals surface area contributed by atoms with Gasteiger partial charge in [-0.05, 0) is 37.0 Å². The van der Waals surface area contributed by atoms with Gasteiger partial charge in [-0.15, -0.1) is 0 Å². The predicted octanol–water partition coefficient (Wildman–Crippen LogP) is 3.81. The topological polar surface area (TPSA) is 32.3 Å². The number of hydrogen-bond acceptors (Lipinski definition) is 1. The van der Waals surface area contributed by atoms with Crippen LogP contribution < -0.4 is 5.32 Å². The fourth-order valence-electron chi connectivity index (χ4n) is 2.40. The number of benzene rings is 1. The molecular formula is C16H23ClN2O. The van der Waals surface area contributed by atoms with E-state index >= 15 is 0 Å². The standard InChI is InChI=1S/C16H23ClN2O/c1-3-4-11-19(2)15(20)18-12-16(9-10-16)13-5-7-14(17)8-6-13/h5-8H,3-4,9-12H2,1-2H3,(H,18,20). The van der Waals surface area contributed by atoms with Crippen LogP contribution in [0.5, 0.6) is 0 Å². The lowest BCUT2D eigenvalue weighted by Gasteiger charge is -2.21. The van der Waals surface area contributed by atoms with Crippen LogP contribution in [0.3, 0.4) is 0 Å². The lowest BCUT2D eigenvalue weighted by molar-refractivity contribution is 0.207. The van der Waals surface area contributed by atoms with E-state index in [0.717, 1.165) is 37.3 Å². The molecule has 0 heterocycles. The maximum absolute atomic E-state index is 12.0. The first-order valence-corrected chi connectivity index (χ1v) is 7.70. The van der Waals surface area contributed by atoms with E-state index in [9.17, 15) is 4.79 Å². The molecule has 0 unspecified atom stereocenters. The number of hydrogen-bond donors (Lipinski definition) is 1. The molecule has 2 rings (SSSR count). The normalized spacial score (nSPS) is 15.8. The highest BCUT2D eigenvalue weighted by Gasteiger charge is 2.44. The Balaban J connectivity index is 1.87. The second-order valence-electron chi connectivity index (χ2n) is 5.72. The summed E-state index contributed by atoms with van der Waals surface area (Å²) < 4.78 is 0. The molecule has 0 aromatic heterocycles. The predicted molar refractivity (Wildman–Crippen MR) is 83.3 cm³/mol. The van der Waals surface area contributed by atoms with Crippen LogP contribution in [0.1, 0.15) is 38.2 Å². The Morgan fingerprint density at radius 3 is 2.55 bits per heavy atom. The molecule has 0 saturated heterocycles. The molecule has 1 saturated carbocycles. The Labute approximate surface area is 126 Å². The first-order chi connectivity index (χ1) is 9.57. The molecule has 1 aromatic rings. The van der Waals surface area contributed by atoms with Crippen LogP contribution in [0.4, 0.5) is 4.79 Å². The molecule has 1 aliphatic carbocycles. The average molecular weight is 295 g/mol. The van der Waals surface area contributed by atoms with Crippen molar-refractivity contribution >= 4 is 17.6 Å². The van der Waals surface area contributed by atoms with Gasteiger partial charge >= 0.3 is 6.03 Å². The van der Waals surface area contributed by atoms with Gasteiger partial charge in [0.2, 0.25) is 0 Å². The van der Waals surface area contributed by atoms with E-state index in [1.807, 2.05) is 19.2 Å². The first kappa shape index (κ1) is 15.2. The lowest BCUT2D eigenvalue weighted by Crippen LogP contribution is -2.41. The van der Waals surface area contributed by atoms with Crippen LogP contribution in [-0.2, 0) is 5.41 Å². The number of nitrogens with zero attached hydrogens (tertiary/aromatic N) is 1. The Morgan fingerprint density at radius 1 is 1.35 bits per heavy atom. The van der Waals surface area contributed by atoms with Crippen molar-refractivity contribution in [3.05, 3.63) is 34.9 Å². The lowest BCUT2D eigenvalue weighted by atomic mass is 9.96. The summed E-state index contributed by atoms with van der Waals surface area (Å²) in [5.41, 5.74) is 1.41. The minimum atomic E-state index is 0.0266. The number of nitrogens with one attached hydrogen (secondary N) is 1. The highest BCUT2D eigenvalue weighted by Crippen LogP contribution is 2.47. The molecule has 1 aromatic carbocycles. The Bertz CT molecular complexity index is 454. The second kappa shape index (κ2) is 6.49. The van der Waals surface area contributed by atoms with Crippen LogP contribution in [-0.4, -0.2) is 31.1 Å². The molecule has 0 aliphatic heterocycles. The zero-order valence-corrected chi connectivity index (χ0v) is 13.0. The zero-order valence-electron chi connectivity index (χ0n) is 12.3. The van der Waals surface area contributed by atoms with E-state index in [1.165, 1.54) is 5.56 Å². The summed E-state index contributed by atoms with van der Waals surface area (Å²) >= 11 is 5.92. The fraction of sp³-hybridized carbons (Fsp3) is 0.562. The van der Waals surface area contributed by atoms with Crippen LogP contribution in [0.2, 0.25) is 5.02 Å². The summed E-state index contributed by atoms with van der Waals surface area (Å²) in [6.45, 7) is 3.66. The number of carbonyl (C=O) groups excluding carboxylic acids is 1. The van der Waals surface area contributed by atoms with Crippen molar-refractivity contribution in [2.45, 2.75) is 38.0 Å². The molecule has 20 heavy (non-hydrogen) atoms. The van der Waals surface area contributed by atoms with E-state index < -0.39 is 0 Å². The number of rotatable bonds is 6. The summed E-state index contributed by atoms with van der Waals surface area (Å²) in [7, 11) is 1.85. The number of urea groups is 1. The summed E-state index contributed by atoms with van der Waals surface area (Å²) in [5.74, 6) is 0. The average Bonchev–Trinajstić information content (AvgIpc) is 3.24. The van der Waals surface area contributed by atoms with Gasteiger partial charge in [-0.3, -0.25) is 0 Å². The fourth-order valence-corrected chi connectivity index (χ4v) is 2.52. The maximum Gasteiger partial charge on any atom is 0.317 e. The summed E-state index contributed by atoms with van der Waals surface area (Å²) in [6.07, 6.45) is 4.42. The van der Waals surface area contributed by atoms with Crippen molar-refractivity contribution in [1.29, 1.82) is 0 Å². The van der Waals surface area contributed by atoms with Crippen LogP contribution in [0, 0.1) is 0 Å². The van der Waals surface area contributed by atoms with E-state index in [2.05, 4.69) is 24.4 Å². The quantitative estimate of drug-likeness (QED) is 0.850. The Hall–Kier alpha value is -1.22. The van der Waals surface area contributed by atoms with E-state index in [-0.39, 0.29) is 11.4 Å². The van der Waals surface area contributed by atoms with Gasteiger partial charge in [0.25, 0.3) is 0 Å². The van der Waals surface area contributed by atoms with Crippen molar-refractivity contribution in [3.63, 3.8) is 0 Å². The van der Waals surface area contributed by atoms with Gasteiger partial charge in [0.05, 0.1) is 0 Å². The van der Waals surface area contributed by atoms with Crippen molar-refractivity contribution in [2.24, 2.45) is 0 Å². The number of unbranched alkanes of at least 4 members (excludes halogenated alkanes) is 1. The van der Waals surface area contributed by atoms with Crippen LogP contribution in [0.15, 0.2) is 24.3 Å². The first-order valence-electron chi connectivity index (χ1n) is 7.32. The molecule has 3 nitrogen and oxygen atoms in total. The highest BCUT2D eigenvalue weighted by atomic mass is 35.5. The molecule has 110 valence electrons. The molecular weight excluding hydrogens is 272 g/mol. The molecule has 2 amide bonds. The number of carbonyl (C=O) groups is 1. The number of halogens is 1. The van der Waals surface area contributed by atoms with Crippen LogP contribution >= 0.6 is 11.6 Å². The molecule has 1 N–H and O–H groups in total. The summed E-state index contributed by atoms with van der Waals surface area (Å²) in [4.78, 5) is 13.8. The van der Waals surface area contributed by atoms with Gasteiger partial charge in [-0.2, -0.15) is 0 Å². The van der Waals surface area contributed by atoms with Gasteiger partial charge in [-0.25, -0.2) is 4.79 Å². The molecule has 0 spiro atoms. The third kappa shape index (κ3) is 3.66. The van der Waals surface area contributed by atoms with Crippen LogP contribution in [0.25, 0.3) is 0 Å². The highest BCUT2D eigenvalue weighted by molar-refractivity contribution is 6.30. The van der Waals surface area contributed by atoms with E-state index in [0.29, 0.717) is 6.54 Å². The van der Waals surface area contributed by atoms with Gasteiger partial charge in [-0.1, -0.05) is 37.1 Å². The SMILES string of the molecule is CCCCN(C)C(=O)NCC1(c2ccc(Cl)cc2)CC1. The maximum atomic E-state index is 12.0. The monoisotopic (exact) mass is 294 g/mol. The summed E-state index contributed by atoms with van der Waals surface area (Å²) in [6, 6.07) is 8.02. The van der Waals surface area contributed by atoms with Gasteiger partial charge in [0.15, 0.2) is 0 Å². The minimum absolute atomic E-state index is 0.0266. The van der Waals surface area contributed by atoms with Crippen molar-refractivity contribution in [2.75, 3.05) is 20.1 Å². The minimum Gasteiger partial charge on any atom is -0.337 e. The van der Waals surface area contributed by atoms with Gasteiger partial charge in [0, 0.05) is 30.6 Å². The summed E-state index contributed by atoms with van der Waals surface area (Å²) in [5, 5.41) is 3.82. The van der Waals surface area contributed by atoms with E-state index in [4.69, 9.17) is 11.6 Å². The largest absolute Gasteiger partial charge is 0.337 e. The molecule has 0 radical (unpaired) electrons. The Morgan fingerprint density at radius 2 is 2.00 bits per heavy atom. The van der Waals surface area contributed by atoms with Crippen molar-refractivity contribution in [1.82, 2.24) is 10.2 Å². The second-order valence-corrected chi connectivity index (χ2v) is 6.16.